The zero-order valence-electron chi connectivity index (χ0n) is 31.5. The van der Waals surface area contributed by atoms with Crippen LogP contribution in [-0.2, 0) is 47.6 Å². The Morgan fingerprint density at radius 2 is 1.78 bits per heavy atom. The molecule has 1 saturated heterocycles. The monoisotopic (exact) mass is 705 g/mol. The number of ketones is 2. The summed E-state index contributed by atoms with van der Waals surface area (Å²) in [5, 5.41) is 0. The summed E-state index contributed by atoms with van der Waals surface area (Å²) in [6.07, 6.45) is 1.25. The van der Waals surface area contributed by atoms with Gasteiger partial charge in [0.1, 0.15) is 18.3 Å². The van der Waals surface area contributed by atoms with Gasteiger partial charge in [0, 0.05) is 38.3 Å². The summed E-state index contributed by atoms with van der Waals surface area (Å²) in [4.78, 5) is 73.2. The summed E-state index contributed by atoms with van der Waals surface area (Å²) in [5.41, 5.74) is -2.62. The minimum Gasteiger partial charge on any atom is -0.457 e. The lowest BCUT2D eigenvalue weighted by Crippen LogP contribution is -2.60. The van der Waals surface area contributed by atoms with Crippen LogP contribution in [0.4, 0.5) is 4.79 Å². The third-order valence-electron chi connectivity index (χ3n) is 9.93. The first-order chi connectivity index (χ1) is 23.3. The summed E-state index contributed by atoms with van der Waals surface area (Å²) in [5.74, 6) is -5.09. The van der Waals surface area contributed by atoms with Gasteiger partial charge in [0.2, 0.25) is 0 Å². The van der Waals surface area contributed by atoms with Gasteiger partial charge in [-0.2, -0.15) is 0 Å². The molecule has 11 atom stereocenters. The maximum atomic E-state index is 14.2. The molecule has 2 aliphatic heterocycles. The van der Waals surface area contributed by atoms with Crippen molar-refractivity contribution in [3.63, 3.8) is 0 Å². The molecule has 0 saturated carbocycles. The van der Waals surface area contributed by atoms with Gasteiger partial charge < -0.3 is 33.3 Å². The van der Waals surface area contributed by atoms with Gasteiger partial charge in [-0.05, 0) is 79.6 Å². The summed E-state index contributed by atoms with van der Waals surface area (Å²) >= 11 is 0. The van der Waals surface area contributed by atoms with E-state index in [9.17, 15) is 24.0 Å². The SMILES string of the molecule is CC[C@H]1OC(=O)[C@H](C)C(=O)[C@H](C)[C@@H](O[C@@H]2O[C@H](C)C[C@H](N(C)C)[C@H]2OC(C)=O)[C@](C)(OC)C[C@@H](C)C(=O)/C(C)=C/[C@]1(C)OC(=O)n1ccnc1. The molecule has 3 rings (SSSR count). The lowest BCUT2D eigenvalue weighted by molar-refractivity contribution is -0.297. The molecule has 0 bridgehead atoms. The fraction of sp³-hybridized carbons (Fsp3) is 0.722. The highest BCUT2D eigenvalue weighted by atomic mass is 16.7. The molecule has 0 radical (unpaired) electrons. The number of allylic oxidation sites excluding steroid dienone is 1. The number of Topliss-reactive ketones (excluding diaryl/α,β-unsaturated/α-hetero) is 2. The number of cyclic esters (lactones) is 1. The lowest BCUT2D eigenvalue weighted by atomic mass is 9.77. The normalized spacial score (nSPS) is 37.3. The number of hydrogen-bond donors (Lipinski definition) is 0. The van der Waals surface area contributed by atoms with Crippen molar-refractivity contribution in [3.8, 4) is 0 Å². The van der Waals surface area contributed by atoms with Gasteiger partial charge in [-0.15, -0.1) is 0 Å². The van der Waals surface area contributed by atoms with Crippen LogP contribution in [0, 0.1) is 17.8 Å². The maximum absolute atomic E-state index is 14.2. The Kier molecular flexibility index (Phi) is 13.7. The quantitative estimate of drug-likeness (QED) is 0.226. The van der Waals surface area contributed by atoms with E-state index in [2.05, 4.69) is 4.98 Å². The Morgan fingerprint density at radius 3 is 2.32 bits per heavy atom. The second-order valence-electron chi connectivity index (χ2n) is 14.3. The largest absolute Gasteiger partial charge is 0.457 e. The number of esters is 2. The molecule has 2 aliphatic rings. The second-order valence-corrected chi connectivity index (χ2v) is 14.3. The Morgan fingerprint density at radius 1 is 1.12 bits per heavy atom. The molecule has 0 amide bonds. The summed E-state index contributed by atoms with van der Waals surface area (Å²) in [7, 11) is 5.20. The van der Waals surface area contributed by atoms with E-state index < -0.39 is 77.4 Å². The van der Waals surface area contributed by atoms with Crippen LogP contribution in [0.1, 0.15) is 81.6 Å². The third kappa shape index (κ3) is 9.25. The molecule has 1 fully saturated rings. The number of aromatic nitrogens is 2. The maximum Gasteiger partial charge on any atom is 0.420 e. The van der Waals surface area contributed by atoms with Gasteiger partial charge in [-0.3, -0.25) is 19.2 Å². The van der Waals surface area contributed by atoms with Gasteiger partial charge in [0.15, 0.2) is 29.6 Å². The Hall–Kier alpha value is -3.46. The number of carbonyl (C=O) groups is 5. The lowest BCUT2D eigenvalue weighted by Gasteiger charge is -2.47. The number of ether oxygens (including phenoxy) is 6. The standard InChI is InChI=1S/C36H55N3O11/c1-13-27-35(8,50-34(44)39-15-14-37-19-39)17-20(2)28(41)21(3)18-36(9,45-12)31(23(5)29(42)24(6)32(43)48-27)49-33-30(47-25(7)40)26(38(10)11)16-22(4)46-33/h14-15,17,19,21-24,26-27,30-31,33H,13,16,18H2,1-12H3/b20-17+/t21-,22-,23+,24-,26+,27-,30-,31-,33+,35+,36-/m1/s1. The van der Waals surface area contributed by atoms with Crippen LogP contribution in [0.2, 0.25) is 0 Å². The molecule has 0 aliphatic carbocycles. The molecule has 0 N–H and O–H groups in total. The molecule has 14 nitrogen and oxygen atoms in total. The average molecular weight is 706 g/mol. The van der Waals surface area contributed by atoms with Gasteiger partial charge >= 0.3 is 18.0 Å². The van der Waals surface area contributed by atoms with E-state index in [-0.39, 0.29) is 36.3 Å². The number of rotatable bonds is 7. The molecule has 280 valence electrons. The number of methoxy groups -OCH3 is 1. The number of imidazole rings is 1. The molecule has 1 aromatic heterocycles. The summed E-state index contributed by atoms with van der Waals surface area (Å²) < 4.78 is 37.7. The van der Waals surface area contributed by atoms with Gasteiger partial charge in [-0.1, -0.05) is 20.8 Å². The van der Waals surface area contributed by atoms with Crippen molar-refractivity contribution in [1.29, 1.82) is 0 Å². The van der Waals surface area contributed by atoms with Gasteiger partial charge in [0.05, 0.1) is 23.9 Å². The van der Waals surface area contributed by atoms with Crippen LogP contribution in [0.15, 0.2) is 30.4 Å². The highest BCUT2D eigenvalue weighted by molar-refractivity contribution is 6.00. The number of nitrogens with zero attached hydrogens (tertiary/aromatic N) is 3. The highest BCUT2D eigenvalue weighted by Gasteiger charge is 2.51. The molecule has 0 aromatic carbocycles. The zero-order chi connectivity index (χ0) is 37.7. The van der Waals surface area contributed by atoms with Crippen molar-refractivity contribution in [3.05, 3.63) is 30.4 Å². The second kappa shape index (κ2) is 16.7. The van der Waals surface area contributed by atoms with Crippen LogP contribution in [0.3, 0.4) is 0 Å². The predicted octanol–water partition coefficient (Wildman–Crippen LogP) is 4.13. The van der Waals surface area contributed by atoms with E-state index in [0.29, 0.717) is 6.42 Å². The van der Waals surface area contributed by atoms with Crippen molar-refractivity contribution in [2.45, 2.75) is 130 Å². The predicted molar refractivity (Wildman–Crippen MR) is 181 cm³/mol. The number of carbonyl (C=O) groups excluding carboxylic acids is 5. The minimum atomic E-state index is -1.59. The van der Waals surface area contributed by atoms with E-state index in [1.807, 2.05) is 25.9 Å². The van der Waals surface area contributed by atoms with Crippen LogP contribution in [0.5, 0.6) is 0 Å². The average Bonchev–Trinajstić information content (AvgIpc) is 3.60. The first kappa shape index (κ1) is 41.0. The van der Waals surface area contributed by atoms with Gasteiger partial charge in [0.25, 0.3) is 0 Å². The molecule has 14 heteroatoms. The van der Waals surface area contributed by atoms with E-state index in [0.717, 1.165) is 4.57 Å². The van der Waals surface area contributed by atoms with Crippen LogP contribution < -0.4 is 0 Å². The fourth-order valence-corrected chi connectivity index (χ4v) is 7.10. The van der Waals surface area contributed by atoms with E-state index in [1.54, 1.807) is 41.5 Å². The topological polar surface area (TPSA) is 162 Å². The number of likely N-dealkylation sites (N-methyl/N-ethyl adjacent to an activating group) is 1. The minimum absolute atomic E-state index is 0.0922. The smallest absolute Gasteiger partial charge is 0.420 e. The summed E-state index contributed by atoms with van der Waals surface area (Å²) in [6.45, 7) is 14.6. The van der Waals surface area contributed by atoms with Crippen molar-refractivity contribution in [2.75, 3.05) is 21.2 Å². The van der Waals surface area contributed by atoms with Crippen molar-refractivity contribution in [1.82, 2.24) is 14.5 Å². The molecular weight excluding hydrogens is 650 g/mol. The van der Waals surface area contributed by atoms with Crippen LogP contribution in [0.25, 0.3) is 0 Å². The van der Waals surface area contributed by atoms with Crippen molar-refractivity contribution < 1.29 is 52.4 Å². The van der Waals surface area contributed by atoms with Crippen molar-refractivity contribution >= 4 is 29.6 Å². The molecule has 3 heterocycles. The molecular formula is C36H55N3O11. The third-order valence-corrected chi connectivity index (χ3v) is 9.93. The van der Waals surface area contributed by atoms with Crippen LogP contribution >= 0.6 is 0 Å². The van der Waals surface area contributed by atoms with Crippen molar-refractivity contribution in [2.24, 2.45) is 17.8 Å². The first-order valence-electron chi connectivity index (χ1n) is 17.2. The summed E-state index contributed by atoms with van der Waals surface area (Å²) in [6, 6.07) is -0.267. The fourth-order valence-electron chi connectivity index (χ4n) is 7.10. The molecule has 50 heavy (non-hydrogen) atoms. The van der Waals surface area contributed by atoms with E-state index >= 15 is 0 Å². The first-order valence-corrected chi connectivity index (χ1v) is 17.2. The van der Waals surface area contributed by atoms with E-state index in [1.165, 1.54) is 45.8 Å². The Labute approximate surface area is 295 Å². The van der Waals surface area contributed by atoms with E-state index in [4.69, 9.17) is 28.4 Å². The van der Waals surface area contributed by atoms with Gasteiger partial charge in [-0.25, -0.2) is 14.3 Å². The molecule has 0 unspecified atom stereocenters. The highest BCUT2D eigenvalue weighted by Crippen LogP contribution is 2.38. The molecule has 1 aromatic rings. The van der Waals surface area contributed by atoms with Crippen LogP contribution in [-0.4, -0.2) is 113 Å². The zero-order valence-corrected chi connectivity index (χ0v) is 31.5. The Bertz CT molecular complexity index is 1410. The molecule has 0 spiro atoms. The number of hydrogen-bond acceptors (Lipinski definition) is 13. The Balaban J connectivity index is 2.14.